The van der Waals surface area contributed by atoms with Gasteiger partial charge in [-0.1, -0.05) is 26.0 Å². The van der Waals surface area contributed by atoms with E-state index in [4.69, 9.17) is 5.73 Å². The lowest BCUT2D eigenvalue weighted by Crippen LogP contribution is -2.43. The van der Waals surface area contributed by atoms with Crippen molar-refractivity contribution in [3.63, 3.8) is 0 Å². The predicted molar refractivity (Wildman–Crippen MR) is 67.7 cm³/mol. The van der Waals surface area contributed by atoms with Crippen molar-refractivity contribution in [2.24, 2.45) is 11.1 Å². The molecule has 0 fully saturated rings. The van der Waals surface area contributed by atoms with Gasteiger partial charge in [0.2, 0.25) is 0 Å². The fraction of sp³-hybridized carbons (Fsp3) is 0.538. The van der Waals surface area contributed by atoms with Gasteiger partial charge in [0.15, 0.2) is 0 Å². The number of rotatable bonds is 0. The molecule has 102 valence electrons. The van der Waals surface area contributed by atoms with E-state index >= 15 is 0 Å². The Morgan fingerprint density at radius 3 is 2.22 bits per heavy atom. The average Bonchev–Trinajstić information content (AvgIpc) is 2.32. The molecule has 1 aromatic rings. The largest absolute Gasteiger partial charge is 0.416 e. The highest BCUT2D eigenvalue weighted by atomic mass is 35.5. The third-order valence-electron chi connectivity index (χ3n) is 4.07. The van der Waals surface area contributed by atoms with Gasteiger partial charge in [-0.2, -0.15) is 13.2 Å². The zero-order valence-corrected chi connectivity index (χ0v) is 11.4. The minimum absolute atomic E-state index is 0. The molecule has 2 rings (SSSR count). The van der Waals surface area contributed by atoms with Crippen LogP contribution in [0.15, 0.2) is 18.2 Å². The lowest BCUT2D eigenvalue weighted by Gasteiger charge is -2.35. The van der Waals surface area contributed by atoms with Gasteiger partial charge < -0.3 is 5.73 Å². The van der Waals surface area contributed by atoms with E-state index < -0.39 is 17.3 Å². The first-order chi connectivity index (χ1) is 7.57. The summed E-state index contributed by atoms with van der Waals surface area (Å²) in [5.74, 6) is 0. The maximum atomic E-state index is 12.9. The Morgan fingerprint density at radius 2 is 1.72 bits per heavy atom. The maximum absolute atomic E-state index is 12.9. The fourth-order valence-electron chi connectivity index (χ4n) is 2.52. The first-order valence-electron chi connectivity index (χ1n) is 5.56. The van der Waals surface area contributed by atoms with Crippen LogP contribution in [0.3, 0.4) is 0 Å². The Bertz CT molecular complexity index is 464. The number of halogens is 4. The number of alkyl halides is 3. The maximum Gasteiger partial charge on any atom is 0.416 e. The molecule has 0 radical (unpaired) electrons. The Balaban J connectivity index is 0.00000162. The Hall–Kier alpha value is -0.740. The summed E-state index contributed by atoms with van der Waals surface area (Å²) in [6.07, 6.45) is -3.94. The second-order valence-corrected chi connectivity index (χ2v) is 5.59. The van der Waals surface area contributed by atoms with Crippen LogP contribution < -0.4 is 5.73 Å². The van der Waals surface area contributed by atoms with Gasteiger partial charge in [-0.25, -0.2) is 0 Å². The van der Waals surface area contributed by atoms with Crippen LogP contribution in [0.5, 0.6) is 0 Å². The topological polar surface area (TPSA) is 26.0 Å². The lowest BCUT2D eigenvalue weighted by atomic mass is 9.75. The second-order valence-electron chi connectivity index (χ2n) is 5.59. The molecule has 1 nitrogen and oxygen atoms in total. The third kappa shape index (κ3) is 2.01. The summed E-state index contributed by atoms with van der Waals surface area (Å²) < 4.78 is 38.7. The summed E-state index contributed by atoms with van der Waals surface area (Å²) in [5.41, 5.74) is 5.56. The van der Waals surface area contributed by atoms with E-state index in [2.05, 4.69) is 0 Å². The number of fused-ring (bicyclic) bond motifs is 1. The standard InChI is InChI=1S/C13H16F3N.ClH/c1-11(2)7-8-9(12(11,3)17)5-4-6-10(8)13(14,15)16;/h4-6H,7,17H2,1-3H3;1H. The first kappa shape index (κ1) is 15.3. The fourth-order valence-corrected chi connectivity index (χ4v) is 2.52. The molecule has 1 unspecified atom stereocenters. The first-order valence-corrected chi connectivity index (χ1v) is 5.56. The summed E-state index contributed by atoms with van der Waals surface area (Å²) in [7, 11) is 0. The summed E-state index contributed by atoms with van der Waals surface area (Å²) in [5, 5.41) is 0. The highest BCUT2D eigenvalue weighted by Crippen LogP contribution is 2.51. The average molecular weight is 280 g/mol. The number of hydrogen-bond acceptors (Lipinski definition) is 1. The molecule has 0 bridgehead atoms. The van der Waals surface area contributed by atoms with Crippen molar-refractivity contribution < 1.29 is 13.2 Å². The normalized spacial score (nSPS) is 25.5. The van der Waals surface area contributed by atoms with Gasteiger partial charge in [-0.3, -0.25) is 0 Å². The Kier molecular flexibility index (Phi) is 3.52. The second kappa shape index (κ2) is 4.14. The van der Waals surface area contributed by atoms with Gasteiger partial charge in [0, 0.05) is 5.54 Å². The summed E-state index contributed by atoms with van der Waals surface area (Å²) >= 11 is 0. The van der Waals surface area contributed by atoms with E-state index in [0.29, 0.717) is 17.5 Å². The van der Waals surface area contributed by atoms with E-state index in [9.17, 15) is 13.2 Å². The molecule has 0 spiro atoms. The third-order valence-corrected chi connectivity index (χ3v) is 4.07. The SMILES string of the molecule is CC1(C)Cc2c(C(F)(F)F)cccc2C1(C)N.Cl. The van der Waals surface area contributed by atoms with Gasteiger partial charge in [0.25, 0.3) is 0 Å². The van der Waals surface area contributed by atoms with Crippen LogP contribution in [0.2, 0.25) is 0 Å². The van der Waals surface area contributed by atoms with Crippen molar-refractivity contribution in [1.82, 2.24) is 0 Å². The van der Waals surface area contributed by atoms with Crippen LogP contribution >= 0.6 is 12.4 Å². The van der Waals surface area contributed by atoms with E-state index in [1.165, 1.54) is 6.07 Å². The summed E-state index contributed by atoms with van der Waals surface area (Å²) in [6, 6.07) is 4.28. The Labute approximate surface area is 111 Å². The predicted octanol–water partition coefficient (Wildman–Crippen LogP) is 3.88. The van der Waals surface area contributed by atoms with Crippen molar-refractivity contribution in [3.05, 3.63) is 34.9 Å². The highest BCUT2D eigenvalue weighted by molar-refractivity contribution is 5.85. The van der Waals surface area contributed by atoms with Gasteiger partial charge >= 0.3 is 6.18 Å². The molecular weight excluding hydrogens is 263 g/mol. The monoisotopic (exact) mass is 279 g/mol. The van der Waals surface area contributed by atoms with E-state index in [-0.39, 0.29) is 17.8 Å². The number of nitrogens with two attached hydrogens (primary N) is 1. The smallest absolute Gasteiger partial charge is 0.321 e. The van der Waals surface area contributed by atoms with Crippen LogP contribution in [0.4, 0.5) is 13.2 Å². The van der Waals surface area contributed by atoms with Crippen molar-refractivity contribution >= 4 is 12.4 Å². The molecular formula is C13H17ClF3N. The molecule has 0 saturated heterocycles. The number of hydrogen-bond donors (Lipinski definition) is 1. The van der Waals surface area contributed by atoms with Gasteiger partial charge in [0.1, 0.15) is 0 Å². The number of benzene rings is 1. The quantitative estimate of drug-likeness (QED) is 0.766. The van der Waals surface area contributed by atoms with Crippen molar-refractivity contribution in [3.8, 4) is 0 Å². The van der Waals surface area contributed by atoms with Crippen LogP contribution in [0.25, 0.3) is 0 Å². The van der Waals surface area contributed by atoms with Crippen LogP contribution in [-0.4, -0.2) is 0 Å². The van der Waals surface area contributed by atoms with Gasteiger partial charge in [-0.15, -0.1) is 12.4 Å². The molecule has 1 atom stereocenters. The molecule has 0 heterocycles. The van der Waals surface area contributed by atoms with E-state index in [0.717, 1.165) is 6.07 Å². The molecule has 1 aliphatic rings. The molecule has 0 saturated carbocycles. The van der Waals surface area contributed by atoms with E-state index in [1.54, 1.807) is 13.0 Å². The van der Waals surface area contributed by atoms with Crippen LogP contribution in [0.1, 0.15) is 37.5 Å². The zero-order valence-electron chi connectivity index (χ0n) is 10.6. The highest BCUT2D eigenvalue weighted by Gasteiger charge is 2.49. The molecule has 18 heavy (non-hydrogen) atoms. The minimum Gasteiger partial charge on any atom is -0.321 e. The lowest BCUT2D eigenvalue weighted by molar-refractivity contribution is -0.138. The molecule has 0 amide bonds. The molecule has 1 aliphatic carbocycles. The molecule has 1 aromatic carbocycles. The molecule has 2 N–H and O–H groups in total. The molecule has 0 aliphatic heterocycles. The van der Waals surface area contributed by atoms with Crippen LogP contribution in [0, 0.1) is 5.41 Å². The summed E-state index contributed by atoms with van der Waals surface area (Å²) in [4.78, 5) is 0. The van der Waals surface area contributed by atoms with Crippen LogP contribution in [-0.2, 0) is 18.1 Å². The minimum atomic E-state index is -4.30. The molecule has 0 aromatic heterocycles. The zero-order chi connectivity index (χ0) is 13.1. The summed E-state index contributed by atoms with van der Waals surface area (Å²) in [6.45, 7) is 5.62. The van der Waals surface area contributed by atoms with Crippen molar-refractivity contribution in [2.75, 3.05) is 0 Å². The van der Waals surface area contributed by atoms with Crippen molar-refractivity contribution in [2.45, 2.75) is 38.9 Å². The van der Waals surface area contributed by atoms with Crippen molar-refractivity contribution in [1.29, 1.82) is 0 Å². The Morgan fingerprint density at radius 1 is 1.17 bits per heavy atom. The molecule has 5 heteroatoms. The van der Waals surface area contributed by atoms with Gasteiger partial charge in [0.05, 0.1) is 5.56 Å². The van der Waals surface area contributed by atoms with Gasteiger partial charge in [-0.05, 0) is 36.0 Å². The van der Waals surface area contributed by atoms with E-state index in [1.807, 2.05) is 13.8 Å².